The number of hydrogen-bond acceptors (Lipinski definition) is 2. The van der Waals surface area contributed by atoms with Gasteiger partial charge in [0.05, 0.1) is 0 Å². The molecule has 0 saturated heterocycles. The Hall–Kier alpha value is 0.500. The van der Waals surface area contributed by atoms with Crippen molar-refractivity contribution >= 4 is 40.6 Å². The smallest absolute Gasteiger partial charge is 0.216 e. The van der Waals surface area contributed by atoms with E-state index in [1.54, 1.807) is 0 Å². The number of aliphatic hydroxyl groups excluding tert-OH is 1. The zero-order valence-electron chi connectivity index (χ0n) is 7.56. The highest BCUT2D eigenvalue weighted by Crippen LogP contribution is 2.32. The summed E-state index contributed by atoms with van der Waals surface area (Å²) in [5.74, 6) is 0.170. The van der Waals surface area contributed by atoms with Crippen molar-refractivity contribution in [1.29, 1.82) is 0 Å². The van der Waals surface area contributed by atoms with Gasteiger partial charge in [-0.1, -0.05) is 48.7 Å². The van der Waals surface area contributed by atoms with Gasteiger partial charge in [-0.25, -0.2) is 0 Å². The molecule has 0 fully saturated rings. The molecule has 78 valence electrons. The number of rotatable bonds is 4. The van der Waals surface area contributed by atoms with Gasteiger partial charge in [0.2, 0.25) is 3.79 Å². The standard InChI is InChI=1S/C8H13Cl3O2/c1-5(2)3-6(12)4-7(13)8(9,10)11/h5,7,13H,3-4H2,1-2H3/t7-/m1/s1. The van der Waals surface area contributed by atoms with Crippen LogP contribution < -0.4 is 0 Å². The molecule has 0 aromatic heterocycles. The molecule has 0 bridgehead atoms. The fourth-order valence-electron chi connectivity index (χ4n) is 0.870. The summed E-state index contributed by atoms with van der Waals surface area (Å²) in [6.07, 6.45) is -0.921. The molecule has 0 heterocycles. The van der Waals surface area contributed by atoms with Crippen LogP contribution in [0.2, 0.25) is 0 Å². The Kier molecular flexibility index (Phi) is 5.61. The summed E-state index contributed by atoms with van der Waals surface area (Å²) in [5, 5.41) is 9.25. The van der Waals surface area contributed by atoms with Gasteiger partial charge in [-0.3, -0.25) is 4.79 Å². The highest BCUT2D eigenvalue weighted by atomic mass is 35.6. The van der Waals surface area contributed by atoms with Crippen molar-refractivity contribution in [3.63, 3.8) is 0 Å². The van der Waals surface area contributed by atoms with Crippen molar-refractivity contribution in [3.8, 4) is 0 Å². The zero-order valence-corrected chi connectivity index (χ0v) is 9.83. The molecule has 13 heavy (non-hydrogen) atoms. The van der Waals surface area contributed by atoms with Crippen LogP contribution in [-0.2, 0) is 4.79 Å². The number of Topliss-reactive ketones (excluding diaryl/α,β-unsaturated/α-hetero) is 1. The first-order valence-corrected chi connectivity index (χ1v) is 5.13. The van der Waals surface area contributed by atoms with Crippen LogP contribution in [0.25, 0.3) is 0 Å². The lowest BCUT2D eigenvalue weighted by molar-refractivity contribution is -0.121. The van der Waals surface area contributed by atoms with Gasteiger partial charge >= 0.3 is 0 Å². The molecule has 0 rings (SSSR count). The van der Waals surface area contributed by atoms with E-state index in [0.717, 1.165) is 0 Å². The topological polar surface area (TPSA) is 37.3 Å². The van der Waals surface area contributed by atoms with Gasteiger partial charge in [0.15, 0.2) is 0 Å². The van der Waals surface area contributed by atoms with Gasteiger partial charge in [0.1, 0.15) is 11.9 Å². The Morgan fingerprint density at radius 1 is 1.31 bits per heavy atom. The fourth-order valence-corrected chi connectivity index (χ4v) is 1.10. The summed E-state index contributed by atoms with van der Waals surface area (Å²) in [7, 11) is 0. The Morgan fingerprint density at radius 3 is 2.08 bits per heavy atom. The van der Waals surface area contributed by atoms with E-state index in [1.165, 1.54) is 0 Å². The highest BCUT2D eigenvalue weighted by molar-refractivity contribution is 6.68. The summed E-state index contributed by atoms with van der Waals surface area (Å²) in [6, 6.07) is 0. The molecule has 0 aromatic carbocycles. The number of ketones is 1. The summed E-state index contributed by atoms with van der Waals surface area (Å²) in [4.78, 5) is 11.2. The second kappa shape index (κ2) is 5.40. The minimum absolute atomic E-state index is 0.0891. The molecule has 0 spiro atoms. The first kappa shape index (κ1) is 13.5. The number of carbonyl (C=O) groups excluding carboxylic acids is 1. The van der Waals surface area contributed by atoms with Gasteiger partial charge in [-0.05, 0) is 5.92 Å². The predicted octanol–water partition coefficient (Wildman–Crippen LogP) is 2.72. The van der Waals surface area contributed by atoms with Gasteiger partial charge in [0.25, 0.3) is 0 Å². The van der Waals surface area contributed by atoms with Crippen LogP contribution in [0.3, 0.4) is 0 Å². The van der Waals surface area contributed by atoms with E-state index >= 15 is 0 Å². The van der Waals surface area contributed by atoms with Crippen molar-refractivity contribution in [2.45, 2.75) is 36.6 Å². The van der Waals surface area contributed by atoms with E-state index in [4.69, 9.17) is 34.8 Å². The molecule has 0 aromatic rings. The molecule has 1 N–H and O–H groups in total. The monoisotopic (exact) mass is 246 g/mol. The first-order chi connectivity index (χ1) is 5.73. The first-order valence-electron chi connectivity index (χ1n) is 4.00. The number of aliphatic hydroxyl groups is 1. The van der Waals surface area contributed by atoms with E-state index in [9.17, 15) is 9.90 Å². The average molecular weight is 248 g/mol. The maximum absolute atomic E-state index is 11.2. The molecule has 2 nitrogen and oxygen atoms in total. The fraction of sp³-hybridized carbons (Fsp3) is 0.875. The van der Waals surface area contributed by atoms with Crippen LogP contribution >= 0.6 is 34.8 Å². The SMILES string of the molecule is CC(C)CC(=O)C[C@@H](O)C(Cl)(Cl)Cl. The normalized spacial score (nSPS) is 14.7. The molecule has 5 heteroatoms. The van der Waals surface area contributed by atoms with Crippen molar-refractivity contribution in [2.24, 2.45) is 5.92 Å². The van der Waals surface area contributed by atoms with Crippen LogP contribution in [-0.4, -0.2) is 20.8 Å². The zero-order chi connectivity index (χ0) is 10.6. The van der Waals surface area contributed by atoms with E-state index in [0.29, 0.717) is 6.42 Å². The summed E-state index contributed by atoms with van der Waals surface area (Å²) in [5.41, 5.74) is 0. The Bertz CT molecular complexity index is 175. The Morgan fingerprint density at radius 2 is 1.77 bits per heavy atom. The van der Waals surface area contributed by atoms with Gasteiger partial charge in [-0.15, -0.1) is 0 Å². The van der Waals surface area contributed by atoms with Gasteiger partial charge in [0, 0.05) is 12.8 Å². The molecule has 0 aliphatic heterocycles. The number of halogens is 3. The molecule has 0 radical (unpaired) electrons. The van der Waals surface area contributed by atoms with Crippen molar-refractivity contribution in [2.75, 3.05) is 0 Å². The van der Waals surface area contributed by atoms with E-state index < -0.39 is 9.90 Å². The lowest BCUT2D eigenvalue weighted by Crippen LogP contribution is -2.28. The third-order valence-corrected chi connectivity index (χ3v) is 2.19. The summed E-state index contributed by atoms with van der Waals surface area (Å²) >= 11 is 16.2. The maximum Gasteiger partial charge on any atom is 0.216 e. The molecule has 0 amide bonds. The van der Waals surface area contributed by atoms with Crippen LogP contribution in [0.1, 0.15) is 26.7 Å². The average Bonchev–Trinajstić information content (AvgIpc) is 1.82. The molecular formula is C8H13Cl3O2. The maximum atomic E-state index is 11.2. The van der Waals surface area contributed by atoms with E-state index in [-0.39, 0.29) is 18.1 Å². The third kappa shape index (κ3) is 6.55. The molecule has 1 atom stereocenters. The highest BCUT2D eigenvalue weighted by Gasteiger charge is 2.32. The van der Waals surface area contributed by atoms with E-state index in [1.807, 2.05) is 13.8 Å². The molecule has 0 aliphatic rings. The van der Waals surface area contributed by atoms with Crippen LogP contribution in [0, 0.1) is 5.92 Å². The van der Waals surface area contributed by atoms with Crippen LogP contribution in [0.4, 0.5) is 0 Å². The van der Waals surface area contributed by atoms with Crippen molar-refractivity contribution in [3.05, 3.63) is 0 Å². The quantitative estimate of drug-likeness (QED) is 0.776. The minimum atomic E-state index is -1.77. The van der Waals surface area contributed by atoms with Gasteiger partial charge in [-0.2, -0.15) is 0 Å². The van der Waals surface area contributed by atoms with Crippen molar-refractivity contribution in [1.82, 2.24) is 0 Å². The second-order valence-corrected chi connectivity index (χ2v) is 5.77. The summed E-state index contributed by atoms with van der Waals surface area (Å²) in [6.45, 7) is 3.83. The van der Waals surface area contributed by atoms with Crippen LogP contribution in [0.15, 0.2) is 0 Å². The predicted molar refractivity (Wildman–Crippen MR) is 55.4 cm³/mol. The summed E-state index contributed by atoms with van der Waals surface area (Å²) < 4.78 is -1.77. The largest absolute Gasteiger partial charge is 0.388 e. The van der Waals surface area contributed by atoms with Crippen molar-refractivity contribution < 1.29 is 9.90 Å². The lowest BCUT2D eigenvalue weighted by atomic mass is 10.0. The number of hydrogen-bond donors (Lipinski definition) is 1. The number of alkyl halides is 3. The molecule has 0 aliphatic carbocycles. The molecule has 0 unspecified atom stereocenters. The Balaban J connectivity index is 3.93. The molecule has 0 saturated carbocycles. The van der Waals surface area contributed by atoms with Crippen LogP contribution in [0.5, 0.6) is 0 Å². The Labute approximate surface area is 93.2 Å². The number of carbonyl (C=O) groups is 1. The minimum Gasteiger partial charge on any atom is -0.388 e. The lowest BCUT2D eigenvalue weighted by Gasteiger charge is -2.18. The molecular weight excluding hydrogens is 234 g/mol. The van der Waals surface area contributed by atoms with E-state index in [2.05, 4.69) is 0 Å². The second-order valence-electron chi connectivity index (χ2n) is 3.40. The van der Waals surface area contributed by atoms with Gasteiger partial charge < -0.3 is 5.11 Å². The third-order valence-electron chi connectivity index (χ3n) is 1.43.